The van der Waals surface area contributed by atoms with Crippen molar-refractivity contribution in [1.29, 1.82) is 0 Å². The predicted octanol–water partition coefficient (Wildman–Crippen LogP) is 13.3. The number of nitrogens with zero attached hydrogens (tertiary/aromatic N) is 3. The van der Waals surface area contributed by atoms with Gasteiger partial charge in [-0.3, -0.25) is 0 Å². The molecule has 4 heteroatoms. The van der Waals surface area contributed by atoms with Gasteiger partial charge in [-0.25, -0.2) is 9.97 Å². The van der Waals surface area contributed by atoms with Gasteiger partial charge < -0.3 is 8.98 Å². The summed E-state index contributed by atoms with van der Waals surface area (Å²) in [6.45, 7) is 0. The molecule has 252 valence electrons. The molecule has 0 aliphatic heterocycles. The van der Waals surface area contributed by atoms with Gasteiger partial charge in [0, 0.05) is 38.1 Å². The van der Waals surface area contributed by atoms with Gasteiger partial charge in [0.1, 0.15) is 5.58 Å². The first kappa shape index (κ1) is 30.3. The lowest BCUT2D eigenvalue weighted by molar-refractivity contribution is 0.666. The van der Waals surface area contributed by atoms with Gasteiger partial charge in [-0.2, -0.15) is 0 Å². The second-order valence-corrected chi connectivity index (χ2v) is 13.8. The van der Waals surface area contributed by atoms with Gasteiger partial charge in [-0.05, 0) is 58.7 Å². The summed E-state index contributed by atoms with van der Waals surface area (Å²) in [5, 5.41) is 5.53. The van der Waals surface area contributed by atoms with Crippen LogP contribution >= 0.6 is 0 Å². The number of para-hydroxylation sites is 2. The highest BCUT2D eigenvalue weighted by Gasteiger charge is 2.20. The molecule has 0 spiro atoms. The summed E-state index contributed by atoms with van der Waals surface area (Å²) in [7, 11) is 0. The van der Waals surface area contributed by atoms with Crippen molar-refractivity contribution in [2.75, 3.05) is 0 Å². The molecule has 3 aromatic heterocycles. The number of hydrogen-bond donors (Lipinski definition) is 0. The Hall–Kier alpha value is -7.30. The summed E-state index contributed by atoms with van der Waals surface area (Å²) >= 11 is 0. The van der Waals surface area contributed by atoms with E-state index in [1.54, 1.807) is 0 Å². The zero-order valence-corrected chi connectivity index (χ0v) is 29.1. The molecular weight excluding hydrogens is 659 g/mol. The third kappa shape index (κ3) is 4.85. The van der Waals surface area contributed by atoms with Gasteiger partial charge in [-0.15, -0.1) is 0 Å². The first-order valence-electron chi connectivity index (χ1n) is 18.2. The Morgan fingerprint density at radius 1 is 0.370 bits per heavy atom. The molecule has 11 aromatic rings. The normalized spacial score (nSPS) is 11.7. The molecule has 0 aliphatic rings. The summed E-state index contributed by atoms with van der Waals surface area (Å²) < 4.78 is 9.31. The van der Waals surface area contributed by atoms with E-state index in [0.29, 0.717) is 5.82 Å². The maximum Gasteiger partial charge on any atom is 0.160 e. The highest BCUT2D eigenvalue weighted by molar-refractivity contribution is 6.14. The molecule has 0 N–H and O–H groups in total. The Bertz CT molecular complexity index is 3100. The third-order valence-electron chi connectivity index (χ3n) is 10.6. The van der Waals surface area contributed by atoms with Crippen LogP contribution in [-0.2, 0) is 0 Å². The van der Waals surface area contributed by atoms with Gasteiger partial charge in [0.05, 0.1) is 27.9 Å². The van der Waals surface area contributed by atoms with Crippen LogP contribution in [0.5, 0.6) is 0 Å². The highest BCUT2D eigenvalue weighted by atomic mass is 16.3. The number of hydrogen-bond acceptors (Lipinski definition) is 3. The van der Waals surface area contributed by atoms with Crippen LogP contribution in [0.4, 0.5) is 0 Å². The monoisotopic (exact) mass is 689 g/mol. The van der Waals surface area contributed by atoms with E-state index in [-0.39, 0.29) is 0 Å². The van der Waals surface area contributed by atoms with E-state index in [1.165, 1.54) is 33.0 Å². The molecule has 0 amide bonds. The molecule has 0 unspecified atom stereocenters. The van der Waals surface area contributed by atoms with E-state index < -0.39 is 0 Å². The van der Waals surface area contributed by atoms with Crippen molar-refractivity contribution >= 4 is 54.6 Å². The van der Waals surface area contributed by atoms with Gasteiger partial charge in [-0.1, -0.05) is 152 Å². The smallest absolute Gasteiger partial charge is 0.160 e. The second kappa shape index (κ2) is 12.1. The Balaban J connectivity index is 1.14. The zero-order valence-electron chi connectivity index (χ0n) is 29.1. The van der Waals surface area contributed by atoms with Crippen LogP contribution in [0.3, 0.4) is 0 Å². The maximum atomic E-state index is 6.92. The fourth-order valence-electron chi connectivity index (χ4n) is 8.02. The number of aromatic nitrogens is 3. The van der Waals surface area contributed by atoms with Gasteiger partial charge in [0.15, 0.2) is 11.4 Å². The summed E-state index contributed by atoms with van der Waals surface area (Å²) in [5.74, 6) is 0.666. The van der Waals surface area contributed by atoms with Crippen LogP contribution in [0, 0.1) is 0 Å². The molecule has 11 rings (SSSR count). The fourth-order valence-corrected chi connectivity index (χ4v) is 8.02. The SMILES string of the molecule is c1ccc(-c2ccc3c4ccc(-c5ccccc5)cc4n(-c4cccc5c4oc4cc(-c6nc(-c7ccccc7)c7ccccc7n6)ccc45)c3c2)cc1. The van der Waals surface area contributed by atoms with E-state index in [9.17, 15) is 0 Å². The van der Waals surface area contributed by atoms with Crippen molar-refractivity contribution in [3.8, 4) is 50.6 Å². The quantitative estimate of drug-likeness (QED) is 0.181. The minimum absolute atomic E-state index is 0.666. The van der Waals surface area contributed by atoms with Crippen LogP contribution < -0.4 is 0 Å². The standard InChI is InChI=1S/C50H31N3O/c1-4-13-32(14-5-1)35-23-26-38-39-27-24-36(33-15-6-2-7-16-33)30-46(39)53(45(38)29-35)44-22-12-20-41-40-28-25-37(31-47(40)54-49(41)44)50-51-43-21-11-10-19-42(43)48(52-50)34-17-8-3-9-18-34/h1-31H. The number of rotatable bonds is 5. The number of furan rings is 1. The minimum atomic E-state index is 0.666. The molecule has 0 atom stereocenters. The number of fused-ring (bicyclic) bond motifs is 7. The van der Waals surface area contributed by atoms with Gasteiger partial charge in [0.25, 0.3) is 0 Å². The highest BCUT2D eigenvalue weighted by Crippen LogP contribution is 2.41. The Kier molecular flexibility index (Phi) is 6.82. The van der Waals surface area contributed by atoms with Crippen LogP contribution in [0.2, 0.25) is 0 Å². The van der Waals surface area contributed by atoms with Crippen LogP contribution in [-0.4, -0.2) is 14.5 Å². The minimum Gasteiger partial charge on any atom is -0.454 e. The fraction of sp³-hybridized carbons (Fsp3) is 0. The number of benzene rings is 8. The summed E-state index contributed by atoms with van der Waals surface area (Å²) in [6.07, 6.45) is 0. The van der Waals surface area contributed by atoms with E-state index in [2.05, 4.69) is 162 Å². The van der Waals surface area contributed by atoms with Crippen molar-refractivity contribution in [3.05, 3.63) is 188 Å². The largest absolute Gasteiger partial charge is 0.454 e. The molecule has 0 aliphatic carbocycles. The van der Waals surface area contributed by atoms with Crippen LogP contribution in [0.1, 0.15) is 0 Å². The lowest BCUT2D eigenvalue weighted by Gasteiger charge is -2.10. The molecule has 3 heterocycles. The van der Waals surface area contributed by atoms with E-state index in [0.717, 1.165) is 66.4 Å². The maximum absolute atomic E-state index is 6.92. The van der Waals surface area contributed by atoms with E-state index in [4.69, 9.17) is 14.4 Å². The molecule has 0 saturated carbocycles. The van der Waals surface area contributed by atoms with Crippen LogP contribution in [0.15, 0.2) is 192 Å². The van der Waals surface area contributed by atoms with Crippen LogP contribution in [0.25, 0.3) is 105 Å². The third-order valence-corrected chi connectivity index (χ3v) is 10.6. The topological polar surface area (TPSA) is 43.9 Å². The van der Waals surface area contributed by atoms with Gasteiger partial charge >= 0.3 is 0 Å². The van der Waals surface area contributed by atoms with E-state index in [1.807, 2.05) is 30.3 Å². The Labute approximate surface area is 311 Å². The molecule has 0 radical (unpaired) electrons. The molecule has 4 nitrogen and oxygen atoms in total. The summed E-state index contributed by atoms with van der Waals surface area (Å²) in [5.41, 5.74) is 13.4. The molecule has 54 heavy (non-hydrogen) atoms. The second-order valence-electron chi connectivity index (χ2n) is 13.8. The first-order chi connectivity index (χ1) is 26.8. The summed E-state index contributed by atoms with van der Waals surface area (Å²) in [4.78, 5) is 10.2. The lowest BCUT2D eigenvalue weighted by Crippen LogP contribution is -1.95. The van der Waals surface area contributed by atoms with Crippen molar-refractivity contribution in [2.24, 2.45) is 0 Å². The average molecular weight is 690 g/mol. The Morgan fingerprint density at radius 3 is 1.59 bits per heavy atom. The van der Waals surface area contributed by atoms with Crippen molar-refractivity contribution in [2.45, 2.75) is 0 Å². The molecule has 0 saturated heterocycles. The predicted molar refractivity (Wildman–Crippen MR) is 223 cm³/mol. The first-order valence-corrected chi connectivity index (χ1v) is 18.2. The van der Waals surface area contributed by atoms with E-state index >= 15 is 0 Å². The zero-order chi connectivity index (χ0) is 35.6. The Morgan fingerprint density at radius 2 is 0.926 bits per heavy atom. The molecule has 0 bridgehead atoms. The molecular formula is C50H31N3O. The van der Waals surface area contributed by atoms with Crippen molar-refractivity contribution < 1.29 is 4.42 Å². The molecule has 8 aromatic carbocycles. The molecule has 0 fully saturated rings. The van der Waals surface area contributed by atoms with Crippen molar-refractivity contribution in [3.63, 3.8) is 0 Å². The average Bonchev–Trinajstić information content (AvgIpc) is 3.79. The summed E-state index contributed by atoms with van der Waals surface area (Å²) in [6, 6.07) is 66.1. The van der Waals surface area contributed by atoms with Crippen molar-refractivity contribution in [1.82, 2.24) is 14.5 Å². The van der Waals surface area contributed by atoms with Gasteiger partial charge in [0.2, 0.25) is 0 Å². The lowest BCUT2D eigenvalue weighted by atomic mass is 10.0.